The summed E-state index contributed by atoms with van der Waals surface area (Å²) < 4.78 is 32.4. The van der Waals surface area contributed by atoms with E-state index in [4.69, 9.17) is 4.74 Å². The number of ether oxygens (including phenoxy) is 1. The molecule has 3 rings (SSSR count). The largest absolute Gasteiger partial charge is 0.481 e. The third kappa shape index (κ3) is 3.41. The fourth-order valence-electron chi connectivity index (χ4n) is 2.34. The summed E-state index contributed by atoms with van der Waals surface area (Å²) in [5.41, 5.74) is -0.530. The van der Waals surface area contributed by atoms with E-state index in [-0.39, 0.29) is 22.3 Å². The van der Waals surface area contributed by atoms with Crippen LogP contribution in [-0.2, 0) is 4.79 Å². The number of nitrogens with zero attached hydrogens (tertiary/aromatic N) is 2. The minimum absolute atomic E-state index is 0.135. The Kier molecular flexibility index (Phi) is 4.70. The lowest BCUT2D eigenvalue weighted by Crippen LogP contribution is -2.21. The van der Waals surface area contributed by atoms with Gasteiger partial charge in [-0.25, -0.2) is 8.78 Å². The van der Waals surface area contributed by atoms with E-state index < -0.39 is 34.8 Å². The number of rotatable bonds is 5. The first-order chi connectivity index (χ1) is 12.5. The Labute approximate surface area is 145 Å². The third-order valence-corrected chi connectivity index (χ3v) is 3.49. The zero-order valence-electron chi connectivity index (χ0n) is 13.1. The zero-order chi connectivity index (χ0) is 18.7. The first kappa shape index (κ1) is 17.2. The number of non-ortho nitro benzene ring substituents is 1. The Bertz CT molecular complexity index is 990. The molecule has 0 fully saturated rings. The third-order valence-electron chi connectivity index (χ3n) is 3.49. The number of nitro benzene ring substituents is 1. The first-order valence-corrected chi connectivity index (χ1v) is 7.36. The number of amides is 1. The van der Waals surface area contributed by atoms with Gasteiger partial charge < -0.3 is 10.1 Å². The van der Waals surface area contributed by atoms with Crippen LogP contribution in [0.1, 0.15) is 0 Å². The molecule has 0 aliphatic rings. The molecule has 3 aromatic rings. The molecule has 7 nitrogen and oxygen atoms in total. The number of halogens is 2. The molecule has 9 heteroatoms. The van der Waals surface area contributed by atoms with E-state index in [1.54, 1.807) is 0 Å². The van der Waals surface area contributed by atoms with Crippen molar-refractivity contribution < 1.29 is 23.2 Å². The molecule has 0 aliphatic heterocycles. The highest BCUT2D eigenvalue weighted by Crippen LogP contribution is 2.31. The summed E-state index contributed by atoms with van der Waals surface area (Å²) >= 11 is 0. The number of aromatic nitrogens is 1. The number of hydrogen-bond acceptors (Lipinski definition) is 5. The van der Waals surface area contributed by atoms with Crippen LogP contribution in [0.4, 0.5) is 20.2 Å². The molecule has 0 bridgehead atoms. The average Bonchev–Trinajstić information content (AvgIpc) is 2.62. The molecule has 0 atom stereocenters. The number of nitrogens with one attached hydrogen (secondary N) is 1. The Morgan fingerprint density at radius 1 is 1.15 bits per heavy atom. The van der Waals surface area contributed by atoms with Gasteiger partial charge >= 0.3 is 0 Å². The van der Waals surface area contributed by atoms with E-state index in [2.05, 4.69) is 10.3 Å². The number of para-hydroxylation sites is 1. The fourth-order valence-corrected chi connectivity index (χ4v) is 2.34. The predicted molar refractivity (Wildman–Crippen MR) is 88.9 cm³/mol. The Hall–Kier alpha value is -3.62. The van der Waals surface area contributed by atoms with Crippen LogP contribution in [0.5, 0.6) is 5.75 Å². The number of anilines is 1. The maximum atomic E-state index is 13.5. The SMILES string of the molecule is O=C(COc1ccc([N+](=O)[O-])c2cccnc12)Nc1c(F)cccc1F. The second kappa shape index (κ2) is 7.09. The summed E-state index contributed by atoms with van der Waals surface area (Å²) in [4.78, 5) is 26.4. The van der Waals surface area contributed by atoms with Gasteiger partial charge in [0, 0.05) is 12.3 Å². The van der Waals surface area contributed by atoms with Gasteiger partial charge in [0.25, 0.3) is 11.6 Å². The molecular formula is C17H11F2N3O4. The molecule has 0 radical (unpaired) electrons. The standard InChI is InChI=1S/C17H11F2N3O4/c18-11-4-1-5-12(19)17(11)21-15(23)9-26-14-7-6-13(22(24)25)10-3-2-8-20-16(10)14/h1-8H,9H2,(H,21,23). The summed E-state index contributed by atoms with van der Waals surface area (Å²) in [5, 5.41) is 13.4. The van der Waals surface area contributed by atoms with Gasteiger partial charge in [-0.2, -0.15) is 0 Å². The second-order valence-corrected chi connectivity index (χ2v) is 5.17. The smallest absolute Gasteiger partial charge is 0.279 e. The van der Waals surface area contributed by atoms with Crippen LogP contribution in [0.25, 0.3) is 10.9 Å². The molecule has 26 heavy (non-hydrogen) atoms. The van der Waals surface area contributed by atoms with Crippen molar-refractivity contribution >= 4 is 28.2 Å². The summed E-state index contributed by atoms with van der Waals surface area (Å²) in [6.07, 6.45) is 1.42. The topological polar surface area (TPSA) is 94.4 Å². The van der Waals surface area contributed by atoms with Gasteiger partial charge in [0.05, 0.1) is 10.3 Å². The van der Waals surface area contributed by atoms with Gasteiger partial charge in [-0.1, -0.05) is 6.07 Å². The van der Waals surface area contributed by atoms with Crippen molar-refractivity contribution in [2.45, 2.75) is 0 Å². The van der Waals surface area contributed by atoms with E-state index in [1.807, 2.05) is 0 Å². The van der Waals surface area contributed by atoms with E-state index in [9.17, 15) is 23.7 Å². The van der Waals surface area contributed by atoms with E-state index >= 15 is 0 Å². The summed E-state index contributed by atoms with van der Waals surface area (Å²) in [5.74, 6) is -2.49. The number of fused-ring (bicyclic) bond motifs is 1. The van der Waals surface area contributed by atoms with E-state index in [1.165, 1.54) is 36.5 Å². The number of carbonyl (C=O) groups excluding carboxylic acids is 1. The minimum atomic E-state index is -0.916. The van der Waals surface area contributed by atoms with Crippen molar-refractivity contribution in [1.82, 2.24) is 4.98 Å². The molecule has 2 aromatic carbocycles. The monoisotopic (exact) mass is 359 g/mol. The molecule has 132 valence electrons. The second-order valence-electron chi connectivity index (χ2n) is 5.17. The van der Waals surface area contributed by atoms with Gasteiger partial charge in [0.1, 0.15) is 28.6 Å². The molecule has 0 saturated heterocycles. The van der Waals surface area contributed by atoms with Crippen molar-refractivity contribution in [3.8, 4) is 5.75 Å². The molecule has 1 aromatic heterocycles. The summed E-state index contributed by atoms with van der Waals surface area (Å²) in [6.45, 7) is -0.558. The maximum absolute atomic E-state index is 13.5. The normalized spacial score (nSPS) is 10.5. The van der Waals surface area contributed by atoms with Crippen LogP contribution in [-0.4, -0.2) is 22.4 Å². The lowest BCUT2D eigenvalue weighted by atomic mass is 10.1. The molecule has 0 spiro atoms. The molecule has 0 unspecified atom stereocenters. The highest BCUT2D eigenvalue weighted by molar-refractivity contribution is 5.94. The number of pyridine rings is 1. The highest BCUT2D eigenvalue weighted by atomic mass is 19.1. The minimum Gasteiger partial charge on any atom is -0.481 e. The number of benzene rings is 2. The van der Waals surface area contributed by atoms with Crippen molar-refractivity contribution in [3.63, 3.8) is 0 Å². The Morgan fingerprint density at radius 2 is 1.88 bits per heavy atom. The average molecular weight is 359 g/mol. The molecule has 1 heterocycles. The van der Waals surface area contributed by atoms with Crippen LogP contribution >= 0.6 is 0 Å². The number of carbonyl (C=O) groups is 1. The van der Waals surface area contributed by atoms with Crippen molar-refractivity contribution in [2.75, 3.05) is 11.9 Å². The van der Waals surface area contributed by atoms with Crippen LogP contribution < -0.4 is 10.1 Å². The molecule has 0 saturated carbocycles. The van der Waals surface area contributed by atoms with Crippen LogP contribution in [0.2, 0.25) is 0 Å². The number of hydrogen-bond donors (Lipinski definition) is 1. The quantitative estimate of drug-likeness (QED) is 0.556. The molecular weight excluding hydrogens is 348 g/mol. The van der Waals surface area contributed by atoms with Crippen LogP contribution in [0.3, 0.4) is 0 Å². The van der Waals surface area contributed by atoms with Gasteiger partial charge in [-0.3, -0.25) is 19.9 Å². The first-order valence-electron chi connectivity index (χ1n) is 7.36. The van der Waals surface area contributed by atoms with Gasteiger partial charge in [0.15, 0.2) is 6.61 Å². The van der Waals surface area contributed by atoms with Gasteiger partial charge in [-0.05, 0) is 30.3 Å². The van der Waals surface area contributed by atoms with Gasteiger partial charge in [-0.15, -0.1) is 0 Å². The number of nitro groups is 1. The van der Waals surface area contributed by atoms with Gasteiger partial charge in [0.2, 0.25) is 0 Å². The highest BCUT2D eigenvalue weighted by Gasteiger charge is 2.17. The van der Waals surface area contributed by atoms with Crippen molar-refractivity contribution in [2.24, 2.45) is 0 Å². The lowest BCUT2D eigenvalue weighted by molar-refractivity contribution is -0.383. The van der Waals surface area contributed by atoms with Crippen LogP contribution in [0.15, 0.2) is 48.7 Å². The maximum Gasteiger partial charge on any atom is 0.279 e. The predicted octanol–water partition coefficient (Wildman–Crippen LogP) is 3.44. The van der Waals surface area contributed by atoms with Crippen molar-refractivity contribution in [3.05, 3.63) is 70.4 Å². The lowest BCUT2D eigenvalue weighted by Gasteiger charge is -2.10. The molecule has 1 N–H and O–H groups in total. The summed E-state index contributed by atoms with van der Waals surface area (Å²) in [6, 6.07) is 8.76. The summed E-state index contributed by atoms with van der Waals surface area (Å²) in [7, 11) is 0. The van der Waals surface area contributed by atoms with Crippen molar-refractivity contribution in [1.29, 1.82) is 0 Å². The fraction of sp³-hybridized carbons (Fsp3) is 0.0588. The van der Waals surface area contributed by atoms with E-state index in [0.717, 1.165) is 12.1 Å². The van der Waals surface area contributed by atoms with E-state index in [0.29, 0.717) is 0 Å². The Morgan fingerprint density at radius 3 is 2.58 bits per heavy atom. The zero-order valence-corrected chi connectivity index (χ0v) is 13.1. The Balaban J connectivity index is 1.79. The van der Waals surface area contributed by atoms with Crippen LogP contribution in [0, 0.1) is 21.7 Å². The molecule has 0 aliphatic carbocycles. The molecule has 1 amide bonds.